The van der Waals surface area contributed by atoms with E-state index in [1.165, 1.54) is 0 Å². The van der Waals surface area contributed by atoms with Crippen LogP contribution in [0.3, 0.4) is 0 Å². The molecule has 0 saturated carbocycles. The third-order valence-electron chi connectivity index (χ3n) is 2.56. The predicted molar refractivity (Wildman–Crippen MR) is 78.9 cm³/mol. The van der Waals surface area contributed by atoms with E-state index in [0.717, 1.165) is 6.42 Å². The maximum Gasteiger partial charge on any atom is 0.269 e. The lowest BCUT2D eigenvalue weighted by Gasteiger charge is -2.09. The molecule has 0 atom stereocenters. The van der Waals surface area contributed by atoms with Gasteiger partial charge in [-0.15, -0.1) is 0 Å². The molecule has 1 aromatic rings. The SMILES string of the molecule is CCCOc1cccc(C(=O)NNC(=O)CCOCC)c1. The highest BCUT2D eigenvalue weighted by Crippen LogP contribution is 2.13. The van der Waals surface area contributed by atoms with E-state index in [4.69, 9.17) is 9.47 Å². The molecule has 2 N–H and O–H groups in total. The average molecular weight is 294 g/mol. The van der Waals surface area contributed by atoms with Gasteiger partial charge >= 0.3 is 0 Å². The summed E-state index contributed by atoms with van der Waals surface area (Å²) in [6.07, 6.45) is 1.10. The van der Waals surface area contributed by atoms with E-state index in [-0.39, 0.29) is 18.2 Å². The summed E-state index contributed by atoms with van der Waals surface area (Å²) in [6, 6.07) is 6.81. The number of benzene rings is 1. The van der Waals surface area contributed by atoms with Crippen molar-refractivity contribution in [2.75, 3.05) is 19.8 Å². The van der Waals surface area contributed by atoms with Crippen molar-refractivity contribution in [1.29, 1.82) is 0 Å². The van der Waals surface area contributed by atoms with Crippen molar-refractivity contribution in [2.24, 2.45) is 0 Å². The minimum Gasteiger partial charge on any atom is -0.494 e. The zero-order valence-electron chi connectivity index (χ0n) is 12.5. The Morgan fingerprint density at radius 3 is 2.67 bits per heavy atom. The molecule has 21 heavy (non-hydrogen) atoms. The number of hydrogen-bond donors (Lipinski definition) is 2. The van der Waals surface area contributed by atoms with E-state index in [9.17, 15) is 9.59 Å². The van der Waals surface area contributed by atoms with E-state index in [0.29, 0.717) is 31.1 Å². The van der Waals surface area contributed by atoms with Crippen molar-refractivity contribution in [1.82, 2.24) is 10.9 Å². The molecule has 6 nitrogen and oxygen atoms in total. The maximum absolute atomic E-state index is 11.9. The summed E-state index contributed by atoms with van der Waals surface area (Å²) in [5.41, 5.74) is 5.13. The molecule has 0 aliphatic heterocycles. The van der Waals surface area contributed by atoms with Crippen molar-refractivity contribution in [3.63, 3.8) is 0 Å². The smallest absolute Gasteiger partial charge is 0.269 e. The molecule has 0 unspecified atom stereocenters. The maximum atomic E-state index is 11.9. The zero-order chi connectivity index (χ0) is 15.5. The molecule has 0 radical (unpaired) electrons. The van der Waals surface area contributed by atoms with Gasteiger partial charge in [-0.05, 0) is 31.5 Å². The number of amides is 2. The second-order valence-corrected chi connectivity index (χ2v) is 4.33. The van der Waals surface area contributed by atoms with Crippen LogP contribution in [0.1, 0.15) is 37.0 Å². The summed E-state index contributed by atoms with van der Waals surface area (Å²) in [4.78, 5) is 23.3. The number of nitrogens with one attached hydrogen (secondary N) is 2. The summed E-state index contributed by atoms with van der Waals surface area (Å²) in [5, 5.41) is 0. The van der Waals surface area contributed by atoms with E-state index >= 15 is 0 Å². The molecule has 1 aromatic carbocycles. The number of rotatable bonds is 8. The molecule has 0 saturated heterocycles. The fourth-order valence-electron chi connectivity index (χ4n) is 1.52. The van der Waals surface area contributed by atoms with Gasteiger partial charge in [0, 0.05) is 12.2 Å². The van der Waals surface area contributed by atoms with Crippen molar-refractivity contribution in [3.8, 4) is 5.75 Å². The Hall–Kier alpha value is -2.08. The molecular formula is C15H22N2O4. The zero-order valence-corrected chi connectivity index (χ0v) is 12.5. The van der Waals surface area contributed by atoms with E-state index < -0.39 is 0 Å². The monoisotopic (exact) mass is 294 g/mol. The van der Waals surface area contributed by atoms with Crippen LogP contribution < -0.4 is 15.6 Å². The Morgan fingerprint density at radius 2 is 1.95 bits per heavy atom. The lowest BCUT2D eigenvalue weighted by molar-refractivity contribution is -0.122. The van der Waals surface area contributed by atoms with Crippen LogP contribution >= 0.6 is 0 Å². The fraction of sp³-hybridized carbons (Fsp3) is 0.467. The predicted octanol–water partition coefficient (Wildman–Crippen LogP) is 1.66. The second-order valence-electron chi connectivity index (χ2n) is 4.33. The first-order valence-electron chi connectivity index (χ1n) is 7.07. The van der Waals surface area contributed by atoms with Gasteiger partial charge in [-0.2, -0.15) is 0 Å². The van der Waals surface area contributed by atoms with Crippen LogP contribution in [0.5, 0.6) is 5.75 Å². The molecule has 0 aromatic heterocycles. The van der Waals surface area contributed by atoms with Gasteiger partial charge in [-0.3, -0.25) is 20.4 Å². The Kier molecular flexibility index (Phi) is 7.89. The minimum atomic E-state index is -0.387. The number of carbonyl (C=O) groups is 2. The van der Waals surface area contributed by atoms with Gasteiger partial charge < -0.3 is 9.47 Å². The number of hydrogen-bond acceptors (Lipinski definition) is 4. The fourth-order valence-corrected chi connectivity index (χ4v) is 1.52. The van der Waals surface area contributed by atoms with E-state index in [1.807, 2.05) is 13.8 Å². The topological polar surface area (TPSA) is 76.7 Å². The van der Waals surface area contributed by atoms with Gasteiger partial charge in [0.05, 0.1) is 19.6 Å². The third kappa shape index (κ3) is 6.76. The van der Waals surface area contributed by atoms with Gasteiger partial charge in [0.1, 0.15) is 5.75 Å². The molecular weight excluding hydrogens is 272 g/mol. The molecule has 0 fully saturated rings. The van der Waals surface area contributed by atoms with Crippen LogP contribution in [0.4, 0.5) is 0 Å². The number of hydrazine groups is 1. The summed E-state index contributed by atoms with van der Waals surface area (Å²) >= 11 is 0. The highest BCUT2D eigenvalue weighted by molar-refractivity contribution is 5.95. The highest BCUT2D eigenvalue weighted by atomic mass is 16.5. The van der Waals surface area contributed by atoms with Crippen molar-refractivity contribution in [2.45, 2.75) is 26.7 Å². The van der Waals surface area contributed by atoms with Crippen LogP contribution in [0, 0.1) is 0 Å². The number of carbonyl (C=O) groups excluding carboxylic acids is 2. The summed E-state index contributed by atoms with van der Waals surface area (Å²) in [5.74, 6) is -0.0518. The molecule has 1 rings (SSSR count). The van der Waals surface area contributed by atoms with Crippen molar-refractivity contribution < 1.29 is 19.1 Å². The van der Waals surface area contributed by atoms with Gasteiger partial charge in [-0.1, -0.05) is 13.0 Å². The largest absolute Gasteiger partial charge is 0.494 e. The van der Waals surface area contributed by atoms with Crippen LogP contribution in [0.25, 0.3) is 0 Å². The second kappa shape index (κ2) is 9.77. The summed E-state index contributed by atoms with van der Waals surface area (Å²) in [6.45, 7) is 5.35. The average Bonchev–Trinajstić information content (AvgIpc) is 2.51. The first-order chi connectivity index (χ1) is 10.2. The Balaban J connectivity index is 2.42. The lowest BCUT2D eigenvalue weighted by atomic mass is 10.2. The summed E-state index contributed by atoms with van der Waals surface area (Å²) in [7, 11) is 0. The Bertz CT molecular complexity index is 463. The molecule has 0 bridgehead atoms. The van der Waals surface area contributed by atoms with Crippen LogP contribution in [0.15, 0.2) is 24.3 Å². The minimum absolute atomic E-state index is 0.202. The molecule has 116 valence electrons. The Morgan fingerprint density at radius 1 is 1.14 bits per heavy atom. The molecule has 0 heterocycles. The molecule has 0 aliphatic carbocycles. The van der Waals surface area contributed by atoms with Gasteiger partial charge in [-0.25, -0.2) is 0 Å². The van der Waals surface area contributed by atoms with Gasteiger partial charge in [0.15, 0.2) is 0 Å². The Labute approximate surface area is 124 Å². The highest BCUT2D eigenvalue weighted by Gasteiger charge is 2.08. The summed E-state index contributed by atoms with van der Waals surface area (Å²) < 4.78 is 10.5. The van der Waals surface area contributed by atoms with Gasteiger partial charge in [0.25, 0.3) is 5.91 Å². The number of ether oxygens (including phenoxy) is 2. The van der Waals surface area contributed by atoms with Crippen LogP contribution in [0.2, 0.25) is 0 Å². The lowest BCUT2D eigenvalue weighted by Crippen LogP contribution is -2.41. The third-order valence-corrected chi connectivity index (χ3v) is 2.56. The standard InChI is InChI=1S/C15H22N2O4/c1-3-9-21-13-7-5-6-12(11-13)15(19)17-16-14(18)8-10-20-4-2/h5-7,11H,3-4,8-10H2,1-2H3,(H,16,18)(H,17,19). The van der Waals surface area contributed by atoms with Gasteiger partial charge in [0.2, 0.25) is 5.91 Å². The molecule has 2 amide bonds. The molecule has 0 aliphatic rings. The molecule has 0 spiro atoms. The van der Waals surface area contributed by atoms with Crippen molar-refractivity contribution in [3.05, 3.63) is 29.8 Å². The molecule has 6 heteroatoms. The van der Waals surface area contributed by atoms with E-state index in [2.05, 4.69) is 10.9 Å². The first kappa shape index (κ1) is 17.0. The normalized spacial score (nSPS) is 10.0. The first-order valence-corrected chi connectivity index (χ1v) is 7.07. The van der Waals surface area contributed by atoms with Crippen molar-refractivity contribution >= 4 is 11.8 Å². The van der Waals surface area contributed by atoms with E-state index in [1.54, 1.807) is 24.3 Å². The quantitative estimate of drug-likeness (QED) is 0.565. The van der Waals surface area contributed by atoms with Crippen LogP contribution in [-0.4, -0.2) is 31.6 Å². The van der Waals surface area contributed by atoms with Crippen LogP contribution in [-0.2, 0) is 9.53 Å².